The highest BCUT2D eigenvalue weighted by Gasteiger charge is 2.75. The fraction of sp³-hybridized carbons (Fsp3) is 0.773. The minimum atomic E-state index is -1.15. The predicted molar refractivity (Wildman–Crippen MR) is 124 cm³/mol. The van der Waals surface area contributed by atoms with Crippen LogP contribution in [0.3, 0.4) is 0 Å². The van der Waals surface area contributed by atoms with Crippen LogP contribution in [0.25, 0.3) is 0 Å². The van der Waals surface area contributed by atoms with Gasteiger partial charge in [-0.1, -0.05) is 46.2 Å². The highest BCUT2D eigenvalue weighted by molar-refractivity contribution is 7.96. The van der Waals surface area contributed by atoms with Crippen LogP contribution in [0.2, 0.25) is 5.02 Å². The van der Waals surface area contributed by atoms with Crippen molar-refractivity contribution in [1.82, 2.24) is 14.3 Å². The molecule has 32 heavy (non-hydrogen) atoms. The van der Waals surface area contributed by atoms with Crippen molar-refractivity contribution in [2.75, 3.05) is 37.1 Å². The monoisotopic (exact) mass is 494 g/mol. The zero-order valence-corrected chi connectivity index (χ0v) is 21.1. The van der Waals surface area contributed by atoms with E-state index in [9.17, 15) is 18.0 Å². The average Bonchev–Trinajstić information content (AvgIpc) is 3.31. The zero-order chi connectivity index (χ0) is 24.1. The quantitative estimate of drug-likeness (QED) is 0.224. The van der Waals surface area contributed by atoms with E-state index in [2.05, 4.69) is 30.7 Å². The Morgan fingerprint density at radius 2 is 1.84 bits per heavy atom. The SMILES string of the molecule is CC.CCC1(C)C(C)C12CCC2C=O.FCSN1CCN(c2nc(F)nc(F)c2Cl)CC1. The van der Waals surface area contributed by atoms with E-state index < -0.39 is 18.0 Å². The fourth-order valence-corrected chi connectivity index (χ4v) is 6.20. The van der Waals surface area contributed by atoms with Gasteiger partial charge in [-0.3, -0.25) is 0 Å². The molecule has 4 atom stereocenters. The lowest BCUT2D eigenvalue weighted by Gasteiger charge is -2.37. The summed E-state index contributed by atoms with van der Waals surface area (Å²) >= 11 is 6.79. The van der Waals surface area contributed by atoms with Gasteiger partial charge >= 0.3 is 6.08 Å². The van der Waals surface area contributed by atoms with Crippen LogP contribution in [-0.2, 0) is 4.79 Å². The first-order valence-electron chi connectivity index (χ1n) is 11.3. The molecule has 3 fully saturated rings. The second kappa shape index (κ2) is 11.4. The Morgan fingerprint density at radius 3 is 2.28 bits per heavy atom. The molecule has 1 aromatic heterocycles. The lowest BCUT2D eigenvalue weighted by Crippen LogP contribution is -2.44. The van der Waals surface area contributed by atoms with E-state index >= 15 is 0 Å². The van der Waals surface area contributed by atoms with E-state index in [1.165, 1.54) is 19.1 Å². The predicted octanol–water partition coefficient (Wildman–Crippen LogP) is 5.78. The lowest BCUT2D eigenvalue weighted by molar-refractivity contribution is -0.118. The largest absolute Gasteiger partial charge is 0.352 e. The van der Waals surface area contributed by atoms with Gasteiger partial charge in [0, 0.05) is 32.1 Å². The van der Waals surface area contributed by atoms with Crippen molar-refractivity contribution in [3.05, 3.63) is 17.0 Å². The maximum Gasteiger partial charge on any atom is 0.313 e. The summed E-state index contributed by atoms with van der Waals surface area (Å²) in [6.45, 7) is 13.0. The standard InChI is InChI=1S/C11H18O.C9H10ClF3N4S.C2H6/c1-4-10(3)8(2)11(10)6-5-9(11)7-12;10-6-7(12)14-9(13)15-8(6)16-1-3-17(4-2-16)18-5-11;1-2/h7-9H,4-6H2,1-3H3;1-5H2;1-2H3. The summed E-state index contributed by atoms with van der Waals surface area (Å²) in [5.74, 6) is 0.141. The van der Waals surface area contributed by atoms with Crippen LogP contribution in [0.5, 0.6) is 0 Å². The van der Waals surface area contributed by atoms with Gasteiger partial charge in [0.1, 0.15) is 17.3 Å². The first-order chi connectivity index (χ1) is 15.2. The van der Waals surface area contributed by atoms with E-state index in [0.717, 1.165) is 24.3 Å². The van der Waals surface area contributed by atoms with Crippen molar-refractivity contribution in [3.63, 3.8) is 0 Å². The molecular weight excluding hydrogens is 461 g/mol. The Hall–Kier alpha value is -1.06. The van der Waals surface area contributed by atoms with Gasteiger partial charge in [-0.15, -0.1) is 0 Å². The summed E-state index contributed by atoms with van der Waals surface area (Å²) < 4.78 is 40.1. The van der Waals surface area contributed by atoms with E-state index in [4.69, 9.17) is 11.6 Å². The normalized spacial score (nSPS) is 31.1. The molecule has 0 bridgehead atoms. The molecule has 0 amide bonds. The third-order valence-corrected chi connectivity index (χ3v) is 8.83. The number of anilines is 1. The van der Waals surface area contributed by atoms with Crippen molar-refractivity contribution in [2.45, 2.75) is 53.9 Å². The molecule has 2 aliphatic carbocycles. The molecule has 1 aromatic rings. The number of carbonyl (C=O) groups is 1. The molecule has 0 N–H and O–H groups in total. The molecule has 1 saturated heterocycles. The average molecular weight is 495 g/mol. The van der Waals surface area contributed by atoms with Gasteiger partial charge in [-0.25, -0.2) is 8.70 Å². The number of carbonyl (C=O) groups excluding carboxylic acids is 1. The van der Waals surface area contributed by atoms with Gasteiger partial charge in [0.05, 0.1) is 0 Å². The minimum absolute atomic E-state index is 0.0477. The third kappa shape index (κ3) is 4.89. The van der Waals surface area contributed by atoms with Gasteiger partial charge in [0.25, 0.3) is 0 Å². The fourth-order valence-electron chi connectivity index (χ4n) is 5.43. The van der Waals surface area contributed by atoms with Crippen molar-refractivity contribution in [2.24, 2.45) is 22.7 Å². The summed E-state index contributed by atoms with van der Waals surface area (Å²) in [5.41, 5.74) is 0.917. The topological polar surface area (TPSA) is 49.3 Å². The van der Waals surface area contributed by atoms with Crippen LogP contribution in [0.4, 0.5) is 19.0 Å². The van der Waals surface area contributed by atoms with Gasteiger partial charge in [0.15, 0.2) is 5.82 Å². The summed E-state index contributed by atoms with van der Waals surface area (Å²) in [7, 11) is 0. The first kappa shape index (κ1) is 27.2. The van der Waals surface area contributed by atoms with E-state index in [0.29, 0.717) is 42.9 Å². The Kier molecular flexibility index (Phi) is 9.67. The number of piperazine rings is 1. The number of alkyl halides is 1. The molecule has 4 unspecified atom stereocenters. The molecule has 1 spiro atoms. The number of hydrogen-bond donors (Lipinski definition) is 0. The van der Waals surface area contributed by atoms with Crippen molar-refractivity contribution in [1.29, 1.82) is 0 Å². The van der Waals surface area contributed by atoms with Crippen molar-refractivity contribution >= 4 is 35.7 Å². The van der Waals surface area contributed by atoms with Crippen LogP contribution in [0, 0.1) is 34.7 Å². The molecule has 0 radical (unpaired) electrons. The van der Waals surface area contributed by atoms with Crippen LogP contribution >= 0.6 is 23.5 Å². The van der Waals surface area contributed by atoms with Gasteiger partial charge < -0.3 is 9.69 Å². The van der Waals surface area contributed by atoms with E-state index in [1.54, 1.807) is 4.90 Å². The lowest BCUT2D eigenvalue weighted by atomic mass is 9.66. The molecule has 0 aromatic carbocycles. The first-order valence-corrected chi connectivity index (χ1v) is 12.6. The van der Waals surface area contributed by atoms with Crippen molar-refractivity contribution in [3.8, 4) is 0 Å². The second-order valence-corrected chi connectivity index (χ2v) is 9.76. The summed E-state index contributed by atoms with van der Waals surface area (Å²) in [4.78, 5) is 18.9. The van der Waals surface area contributed by atoms with Crippen molar-refractivity contribution < 1.29 is 18.0 Å². The van der Waals surface area contributed by atoms with Gasteiger partial charge in [0.2, 0.25) is 5.95 Å². The van der Waals surface area contributed by atoms with Crippen LogP contribution in [0.15, 0.2) is 0 Å². The molecule has 1 aliphatic heterocycles. The Bertz CT molecular complexity index is 784. The summed E-state index contributed by atoms with van der Waals surface area (Å²) in [6, 6.07) is -0.489. The van der Waals surface area contributed by atoms with Gasteiger partial charge in [-0.05, 0) is 48.0 Å². The van der Waals surface area contributed by atoms with E-state index in [1.807, 2.05) is 18.2 Å². The second-order valence-electron chi connectivity index (χ2n) is 8.39. The maximum atomic E-state index is 13.2. The smallest absolute Gasteiger partial charge is 0.313 e. The minimum Gasteiger partial charge on any atom is -0.352 e. The molecule has 5 nitrogen and oxygen atoms in total. The number of rotatable bonds is 5. The van der Waals surface area contributed by atoms with Crippen LogP contribution in [-0.4, -0.2) is 52.7 Å². The molecular formula is C22H34ClF3N4OS. The number of halogens is 4. The number of aromatic nitrogens is 2. The number of nitrogens with zero attached hydrogens (tertiary/aromatic N) is 4. The van der Waals surface area contributed by atoms with E-state index in [-0.39, 0.29) is 10.8 Å². The number of hydrogen-bond acceptors (Lipinski definition) is 6. The highest BCUT2D eigenvalue weighted by atomic mass is 35.5. The zero-order valence-electron chi connectivity index (χ0n) is 19.5. The highest BCUT2D eigenvalue weighted by Crippen LogP contribution is 2.80. The molecule has 182 valence electrons. The van der Waals surface area contributed by atoms with Crippen LogP contribution in [0.1, 0.15) is 53.9 Å². The Balaban J connectivity index is 0.000000224. The Morgan fingerprint density at radius 1 is 1.22 bits per heavy atom. The molecule has 2 saturated carbocycles. The van der Waals surface area contributed by atoms with Crippen LogP contribution < -0.4 is 4.90 Å². The summed E-state index contributed by atoms with van der Waals surface area (Å²) in [6.07, 6.45) is 3.72. The third-order valence-electron chi connectivity index (χ3n) is 7.67. The van der Waals surface area contributed by atoms with Gasteiger partial charge in [-0.2, -0.15) is 18.7 Å². The number of aldehydes is 1. The summed E-state index contributed by atoms with van der Waals surface area (Å²) in [5, 5.41) is -0.289. The molecule has 3 aliphatic rings. The molecule has 4 rings (SSSR count). The maximum absolute atomic E-state index is 13.2. The Labute approximate surface area is 198 Å². The molecule has 2 heterocycles. The molecule has 10 heteroatoms.